The molecule has 0 saturated heterocycles. The summed E-state index contributed by atoms with van der Waals surface area (Å²) in [7, 11) is 0. The Balaban J connectivity index is 1.72. The largest absolute Gasteiger partial charge is 0.462 e. The molecule has 0 aliphatic rings. The number of anilines is 1. The molecule has 0 radical (unpaired) electrons. The van der Waals surface area contributed by atoms with Crippen molar-refractivity contribution in [2.24, 2.45) is 23.3 Å². The zero-order chi connectivity index (χ0) is 34.7. The molecular formula is C34H48ClN7O5. The third kappa shape index (κ3) is 11.6. The molecule has 3 rings (SSSR count). The van der Waals surface area contributed by atoms with E-state index in [2.05, 4.69) is 25.6 Å². The fourth-order valence-electron chi connectivity index (χ4n) is 4.86. The minimum absolute atomic E-state index is 0.120. The number of nitrogens with two attached hydrogens (primary N) is 2. The van der Waals surface area contributed by atoms with E-state index in [0.29, 0.717) is 47.1 Å². The van der Waals surface area contributed by atoms with Crippen LogP contribution in [-0.4, -0.2) is 64.1 Å². The van der Waals surface area contributed by atoms with Crippen molar-refractivity contribution in [3.05, 3.63) is 64.6 Å². The average Bonchev–Trinajstić information content (AvgIpc) is 3.51. The highest BCUT2D eigenvalue weighted by Crippen LogP contribution is 2.24. The molecule has 47 heavy (non-hydrogen) atoms. The van der Waals surface area contributed by atoms with E-state index < -0.39 is 36.0 Å². The van der Waals surface area contributed by atoms with Gasteiger partial charge in [0.2, 0.25) is 5.95 Å². The number of esters is 2. The summed E-state index contributed by atoms with van der Waals surface area (Å²) in [6.45, 7) is 11.8. The predicted octanol–water partition coefficient (Wildman–Crippen LogP) is 4.93. The molecule has 0 aliphatic carbocycles. The molecule has 2 heterocycles. The van der Waals surface area contributed by atoms with Crippen LogP contribution in [0, 0.1) is 18.8 Å². The molecule has 1 amide bonds. The van der Waals surface area contributed by atoms with Gasteiger partial charge in [-0.2, -0.15) is 0 Å². The lowest BCUT2D eigenvalue weighted by atomic mass is 10.0. The van der Waals surface area contributed by atoms with Crippen molar-refractivity contribution in [1.29, 1.82) is 0 Å². The van der Waals surface area contributed by atoms with Crippen LogP contribution in [0.3, 0.4) is 0 Å². The van der Waals surface area contributed by atoms with Gasteiger partial charge < -0.3 is 36.6 Å². The van der Waals surface area contributed by atoms with E-state index in [0.717, 1.165) is 5.56 Å². The van der Waals surface area contributed by atoms with Crippen LogP contribution in [0.15, 0.2) is 42.7 Å². The van der Waals surface area contributed by atoms with E-state index in [9.17, 15) is 14.4 Å². The van der Waals surface area contributed by atoms with Gasteiger partial charge in [0.1, 0.15) is 31.0 Å². The third-order valence-electron chi connectivity index (χ3n) is 7.43. The smallest absolute Gasteiger partial charge is 0.323 e. The Bertz CT molecular complexity index is 1500. The van der Waals surface area contributed by atoms with Crippen molar-refractivity contribution >= 4 is 35.4 Å². The van der Waals surface area contributed by atoms with Crippen LogP contribution in [0.5, 0.6) is 0 Å². The quantitative estimate of drug-likeness (QED) is 0.123. The first kappa shape index (κ1) is 37.5. The number of amides is 1. The summed E-state index contributed by atoms with van der Waals surface area (Å²) in [4.78, 5) is 50.4. The van der Waals surface area contributed by atoms with Crippen LogP contribution in [-0.2, 0) is 19.1 Å². The van der Waals surface area contributed by atoms with Crippen LogP contribution in [0.1, 0.15) is 81.5 Å². The Morgan fingerprint density at radius 3 is 2.21 bits per heavy atom. The van der Waals surface area contributed by atoms with Crippen LogP contribution in [0.4, 0.5) is 5.95 Å². The topological polar surface area (TPSA) is 187 Å². The fraction of sp³-hybridized carbons (Fsp3) is 0.500. The minimum atomic E-state index is -0.761. The lowest BCUT2D eigenvalue weighted by molar-refractivity contribution is -0.147. The zero-order valence-electron chi connectivity index (χ0n) is 28.0. The van der Waals surface area contributed by atoms with E-state index in [-0.39, 0.29) is 36.8 Å². The number of carbonyl (C=O) groups is 3. The van der Waals surface area contributed by atoms with E-state index in [1.165, 1.54) is 0 Å². The summed E-state index contributed by atoms with van der Waals surface area (Å²) >= 11 is 6.22. The number of aromatic nitrogens is 3. The van der Waals surface area contributed by atoms with Crippen LogP contribution in [0.25, 0.3) is 11.3 Å². The molecule has 0 aliphatic heterocycles. The minimum Gasteiger partial charge on any atom is -0.462 e. The highest BCUT2D eigenvalue weighted by molar-refractivity contribution is 6.30. The summed E-state index contributed by atoms with van der Waals surface area (Å²) in [5.41, 5.74) is 15.0. The Kier molecular flexibility index (Phi) is 14.2. The maximum Gasteiger partial charge on any atom is 0.323 e. The number of benzene rings is 1. The highest BCUT2D eigenvalue weighted by Gasteiger charge is 2.23. The molecular weight excluding hydrogens is 622 g/mol. The molecule has 0 bridgehead atoms. The van der Waals surface area contributed by atoms with Gasteiger partial charge in [0.25, 0.3) is 5.91 Å². The van der Waals surface area contributed by atoms with Crippen LogP contribution < -0.4 is 22.1 Å². The lowest BCUT2D eigenvalue weighted by Gasteiger charge is -2.21. The molecule has 0 saturated carbocycles. The van der Waals surface area contributed by atoms with Gasteiger partial charge in [0, 0.05) is 23.0 Å². The molecule has 4 atom stereocenters. The second-order valence-corrected chi connectivity index (χ2v) is 13.0. The lowest BCUT2D eigenvalue weighted by Crippen LogP contribution is -2.37. The monoisotopic (exact) mass is 669 g/mol. The summed E-state index contributed by atoms with van der Waals surface area (Å²) in [6.07, 6.45) is 5.05. The number of nitrogens with zero attached hydrogens (tertiary/aromatic N) is 2. The standard InChI is InChI=1S/C34H48ClN7O5/c1-7-25(17-46-32(44)26(36)11-19(2)3)40-34-39-15-21(6)30(42-34)23-14-28(38-16-23)31(43)41-29(22-9-8-10-24(35)13-22)18-47-33(45)27(37)12-20(4)5/h8-10,13-16,19-20,25-27,29,38H,7,11-12,17-18,36-37H2,1-6H3,(H,41,43)(H,39,40,42)/t25-,26+,27+,29-/m1/s1. The SMILES string of the molecule is CC[C@H](COC(=O)[C@@H](N)CC(C)C)Nc1ncc(C)c(-c2c[nH]c(C(=O)N[C@H](COC(=O)[C@@H](N)CC(C)C)c3cccc(Cl)c3)c2)n1. The van der Waals surface area contributed by atoms with Gasteiger partial charge >= 0.3 is 11.9 Å². The maximum absolute atomic E-state index is 13.4. The molecule has 0 fully saturated rings. The number of ether oxygens (including phenoxy) is 2. The molecule has 1 aromatic carbocycles. The molecule has 13 heteroatoms. The van der Waals surface area contributed by atoms with Crippen molar-refractivity contribution in [2.45, 2.75) is 85.0 Å². The van der Waals surface area contributed by atoms with E-state index >= 15 is 0 Å². The van der Waals surface area contributed by atoms with Gasteiger partial charge in [0.15, 0.2) is 0 Å². The first-order valence-electron chi connectivity index (χ1n) is 16.0. The normalized spacial score (nSPS) is 13.9. The summed E-state index contributed by atoms with van der Waals surface area (Å²) in [6, 6.07) is 6.32. The maximum atomic E-state index is 13.4. The van der Waals surface area contributed by atoms with Crippen molar-refractivity contribution in [2.75, 3.05) is 18.5 Å². The number of nitrogens with one attached hydrogen (secondary N) is 3. The van der Waals surface area contributed by atoms with Gasteiger partial charge in [0.05, 0.1) is 17.8 Å². The van der Waals surface area contributed by atoms with Gasteiger partial charge in [-0.05, 0) is 67.3 Å². The second kappa shape index (κ2) is 17.8. The number of aromatic amines is 1. The highest BCUT2D eigenvalue weighted by atomic mass is 35.5. The number of aryl methyl sites for hydroxylation is 1. The first-order valence-corrected chi connectivity index (χ1v) is 16.3. The van der Waals surface area contributed by atoms with Gasteiger partial charge in [-0.1, -0.05) is 58.4 Å². The Morgan fingerprint density at radius 1 is 0.979 bits per heavy atom. The Hall–Kier alpha value is -4.00. The van der Waals surface area contributed by atoms with Crippen LogP contribution in [0.2, 0.25) is 5.02 Å². The Morgan fingerprint density at radius 2 is 1.62 bits per heavy atom. The van der Waals surface area contributed by atoms with Crippen molar-refractivity contribution in [3.63, 3.8) is 0 Å². The molecule has 2 aromatic heterocycles. The van der Waals surface area contributed by atoms with E-state index in [1.807, 2.05) is 41.5 Å². The predicted molar refractivity (Wildman–Crippen MR) is 183 cm³/mol. The summed E-state index contributed by atoms with van der Waals surface area (Å²) in [5.74, 6) is -0.532. The second-order valence-electron chi connectivity index (χ2n) is 12.6. The average molecular weight is 670 g/mol. The zero-order valence-corrected chi connectivity index (χ0v) is 28.8. The van der Waals surface area contributed by atoms with Gasteiger partial charge in [-0.3, -0.25) is 14.4 Å². The fourth-order valence-corrected chi connectivity index (χ4v) is 5.06. The molecule has 0 spiro atoms. The van der Waals surface area contributed by atoms with Crippen molar-refractivity contribution in [3.8, 4) is 11.3 Å². The molecule has 0 unspecified atom stereocenters. The molecule has 3 aromatic rings. The van der Waals surface area contributed by atoms with E-state index in [1.54, 1.807) is 42.7 Å². The third-order valence-corrected chi connectivity index (χ3v) is 7.67. The van der Waals surface area contributed by atoms with Gasteiger partial charge in [-0.25, -0.2) is 9.97 Å². The number of hydrogen-bond acceptors (Lipinski definition) is 10. The molecule has 7 N–H and O–H groups in total. The van der Waals surface area contributed by atoms with Gasteiger partial charge in [-0.15, -0.1) is 0 Å². The van der Waals surface area contributed by atoms with Crippen LogP contribution >= 0.6 is 11.6 Å². The first-order chi connectivity index (χ1) is 22.3. The van der Waals surface area contributed by atoms with Crippen molar-refractivity contribution in [1.82, 2.24) is 20.3 Å². The number of hydrogen-bond donors (Lipinski definition) is 5. The summed E-state index contributed by atoms with van der Waals surface area (Å²) in [5, 5.41) is 6.65. The number of H-pyrrole nitrogens is 1. The number of carbonyl (C=O) groups excluding carboxylic acids is 3. The van der Waals surface area contributed by atoms with Crippen molar-refractivity contribution < 1.29 is 23.9 Å². The number of rotatable bonds is 17. The number of halogens is 1. The Labute approximate surface area is 281 Å². The van der Waals surface area contributed by atoms with E-state index in [4.69, 9.17) is 32.5 Å². The molecule has 256 valence electrons. The molecule has 12 nitrogen and oxygen atoms in total. The summed E-state index contributed by atoms with van der Waals surface area (Å²) < 4.78 is 11.0.